The Labute approximate surface area is 179 Å². The van der Waals surface area contributed by atoms with Crippen molar-refractivity contribution >= 4 is 34.0 Å². The Hall–Kier alpha value is -3.19. The van der Waals surface area contributed by atoms with E-state index in [0.29, 0.717) is 27.7 Å². The highest BCUT2D eigenvalue weighted by Gasteiger charge is 2.26. The average Bonchev–Trinajstić information content (AvgIpc) is 2.94. The van der Waals surface area contributed by atoms with Gasteiger partial charge in [-0.3, -0.25) is 9.59 Å². The van der Waals surface area contributed by atoms with Crippen molar-refractivity contribution in [3.05, 3.63) is 70.2 Å². The number of ether oxygens (including phenoxy) is 1. The van der Waals surface area contributed by atoms with Crippen LogP contribution in [0, 0.1) is 0 Å². The van der Waals surface area contributed by atoms with Crippen molar-refractivity contribution in [1.29, 1.82) is 0 Å². The number of nitrogens with zero attached hydrogens (tertiary/aromatic N) is 1. The smallest absolute Gasteiger partial charge is 0.260 e. The van der Waals surface area contributed by atoms with Crippen LogP contribution in [0.15, 0.2) is 48.7 Å². The summed E-state index contributed by atoms with van der Waals surface area (Å²) < 4.78 is 5.31. The van der Waals surface area contributed by atoms with E-state index in [1.165, 1.54) is 23.3 Å². The van der Waals surface area contributed by atoms with Gasteiger partial charge in [-0.2, -0.15) is 0 Å². The van der Waals surface area contributed by atoms with Gasteiger partial charge in [-0.1, -0.05) is 24.6 Å². The molecule has 0 unspecified atom stereocenters. The van der Waals surface area contributed by atoms with E-state index in [1.807, 2.05) is 12.1 Å². The van der Waals surface area contributed by atoms with E-state index in [1.54, 1.807) is 36.5 Å². The highest BCUT2D eigenvalue weighted by Crippen LogP contribution is 2.38. The van der Waals surface area contributed by atoms with Crippen LogP contribution in [0.1, 0.15) is 50.4 Å². The zero-order valence-electron chi connectivity index (χ0n) is 16.7. The lowest BCUT2D eigenvalue weighted by molar-refractivity contribution is 0.102. The number of anilines is 2. The lowest BCUT2D eigenvalue weighted by Gasteiger charge is -2.11. The fraction of sp³-hybridized carbons (Fsp3) is 0.261. The van der Waals surface area contributed by atoms with Gasteiger partial charge in [0.2, 0.25) is 0 Å². The molecule has 2 aromatic heterocycles. The first kappa shape index (κ1) is 20.1. The number of aryl methyl sites for hydroxylation is 1. The Balaban J connectivity index is 1.68. The number of rotatable bonds is 5. The van der Waals surface area contributed by atoms with Gasteiger partial charge in [0.15, 0.2) is 0 Å². The van der Waals surface area contributed by atoms with E-state index >= 15 is 0 Å². The van der Waals surface area contributed by atoms with Crippen LogP contribution in [0.4, 0.5) is 10.8 Å². The first-order valence-electron chi connectivity index (χ1n) is 9.98. The minimum atomic E-state index is -0.296. The number of amides is 2. The lowest BCUT2D eigenvalue weighted by Crippen LogP contribution is -2.19. The van der Waals surface area contributed by atoms with Crippen molar-refractivity contribution in [2.24, 2.45) is 0 Å². The maximum absolute atomic E-state index is 13.2. The van der Waals surface area contributed by atoms with Crippen molar-refractivity contribution in [2.75, 3.05) is 17.7 Å². The highest BCUT2D eigenvalue weighted by molar-refractivity contribution is 7.17. The number of hydrogen-bond donors (Lipinski definition) is 2. The normalized spacial score (nSPS) is 13.1. The van der Waals surface area contributed by atoms with Crippen LogP contribution >= 0.6 is 11.3 Å². The van der Waals surface area contributed by atoms with Crippen LogP contribution in [0.25, 0.3) is 0 Å². The number of carbonyl (C=O) groups excluding carboxylic acids is 2. The zero-order chi connectivity index (χ0) is 20.9. The summed E-state index contributed by atoms with van der Waals surface area (Å²) in [4.78, 5) is 31.5. The third kappa shape index (κ3) is 4.21. The molecule has 1 aliphatic rings. The number of fused-ring (bicyclic) bond motifs is 1. The highest BCUT2D eigenvalue weighted by atomic mass is 32.1. The summed E-state index contributed by atoms with van der Waals surface area (Å²) >= 11 is 1.50. The van der Waals surface area contributed by atoms with E-state index in [4.69, 9.17) is 4.74 Å². The van der Waals surface area contributed by atoms with Crippen LogP contribution in [-0.4, -0.2) is 23.9 Å². The van der Waals surface area contributed by atoms with E-state index in [9.17, 15) is 9.59 Å². The molecular formula is C23H23N3O3S. The van der Waals surface area contributed by atoms with Crippen LogP contribution in [-0.2, 0) is 12.8 Å². The van der Waals surface area contributed by atoms with Crippen molar-refractivity contribution in [3.8, 4) is 5.75 Å². The molecule has 2 heterocycles. The van der Waals surface area contributed by atoms with Gasteiger partial charge in [0.1, 0.15) is 16.6 Å². The largest absolute Gasteiger partial charge is 0.496 e. The second kappa shape index (κ2) is 9.09. The summed E-state index contributed by atoms with van der Waals surface area (Å²) in [6.07, 6.45) is 6.66. The summed E-state index contributed by atoms with van der Waals surface area (Å²) in [5.41, 5.74) is 2.02. The third-order valence-electron chi connectivity index (χ3n) is 5.13. The van der Waals surface area contributed by atoms with Gasteiger partial charge in [-0.15, -0.1) is 11.3 Å². The third-order valence-corrected chi connectivity index (χ3v) is 6.34. The molecule has 0 fully saturated rings. The maximum Gasteiger partial charge on any atom is 0.260 e. The molecule has 0 bridgehead atoms. The van der Waals surface area contributed by atoms with Gasteiger partial charge in [-0.25, -0.2) is 4.98 Å². The minimum absolute atomic E-state index is 0.247. The van der Waals surface area contributed by atoms with Gasteiger partial charge in [0.05, 0.1) is 18.2 Å². The average molecular weight is 422 g/mol. The summed E-state index contributed by atoms with van der Waals surface area (Å²) in [6.45, 7) is 0. The van der Waals surface area contributed by atoms with Crippen molar-refractivity contribution in [3.63, 3.8) is 0 Å². The second-order valence-electron chi connectivity index (χ2n) is 7.09. The monoisotopic (exact) mass is 421 g/mol. The van der Waals surface area contributed by atoms with E-state index in [2.05, 4.69) is 15.6 Å². The molecule has 6 nitrogen and oxygen atoms in total. The van der Waals surface area contributed by atoms with Crippen LogP contribution < -0.4 is 15.4 Å². The first-order chi connectivity index (χ1) is 14.7. The summed E-state index contributed by atoms with van der Waals surface area (Å²) in [6, 6.07) is 12.4. The van der Waals surface area contributed by atoms with Gasteiger partial charge >= 0.3 is 0 Å². The maximum atomic E-state index is 13.2. The lowest BCUT2D eigenvalue weighted by atomic mass is 10.0. The van der Waals surface area contributed by atoms with Gasteiger partial charge in [0, 0.05) is 11.1 Å². The Bertz CT molecular complexity index is 1060. The van der Waals surface area contributed by atoms with Gasteiger partial charge in [0.25, 0.3) is 11.8 Å². The number of hydrogen-bond acceptors (Lipinski definition) is 5. The minimum Gasteiger partial charge on any atom is -0.496 e. The molecule has 30 heavy (non-hydrogen) atoms. The molecular weight excluding hydrogens is 398 g/mol. The van der Waals surface area contributed by atoms with E-state index < -0.39 is 0 Å². The first-order valence-corrected chi connectivity index (χ1v) is 10.8. The molecule has 7 heteroatoms. The molecule has 0 saturated carbocycles. The predicted octanol–water partition coefficient (Wildman–Crippen LogP) is 4.93. The summed E-state index contributed by atoms with van der Waals surface area (Å²) in [5, 5.41) is 6.41. The summed E-state index contributed by atoms with van der Waals surface area (Å²) in [5.74, 6) is 0.435. The number of para-hydroxylation sites is 1. The number of thiophene rings is 1. The number of aromatic nitrogens is 1. The Morgan fingerprint density at radius 3 is 2.57 bits per heavy atom. The van der Waals surface area contributed by atoms with E-state index in [0.717, 1.165) is 37.7 Å². The molecule has 2 amide bonds. The van der Waals surface area contributed by atoms with Crippen molar-refractivity contribution in [2.45, 2.75) is 32.1 Å². The molecule has 0 aliphatic heterocycles. The Morgan fingerprint density at radius 2 is 1.77 bits per heavy atom. The number of carbonyl (C=O) groups is 2. The van der Waals surface area contributed by atoms with Crippen LogP contribution in [0.5, 0.6) is 5.75 Å². The fourth-order valence-electron chi connectivity index (χ4n) is 3.69. The van der Waals surface area contributed by atoms with E-state index in [-0.39, 0.29) is 11.8 Å². The standard InChI is InChI=1S/C23H23N3O3S/c1-29-17-11-6-5-9-15(17)21(27)26-23-20(16-10-3-2-4-12-18(16)30-23)22(28)25-19-13-7-8-14-24-19/h5-9,11,13-14H,2-4,10,12H2,1H3,(H,26,27)(H,24,25,28). The van der Waals surface area contributed by atoms with Crippen molar-refractivity contribution in [1.82, 2.24) is 4.98 Å². The molecule has 154 valence electrons. The molecule has 1 aliphatic carbocycles. The molecule has 0 saturated heterocycles. The number of nitrogens with one attached hydrogen (secondary N) is 2. The summed E-state index contributed by atoms with van der Waals surface area (Å²) in [7, 11) is 1.53. The van der Waals surface area contributed by atoms with Gasteiger partial charge < -0.3 is 15.4 Å². The fourth-order valence-corrected chi connectivity index (χ4v) is 4.97. The van der Waals surface area contributed by atoms with Crippen LogP contribution in [0.3, 0.4) is 0 Å². The molecule has 0 atom stereocenters. The topological polar surface area (TPSA) is 80.3 Å². The number of methoxy groups -OCH3 is 1. The molecule has 4 rings (SSSR count). The Morgan fingerprint density at radius 1 is 0.967 bits per heavy atom. The molecule has 2 N–H and O–H groups in total. The molecule has 3 aromatic rings. The number of benzene rings is 1. The van der Waals surface area contributed by atoms with Gasteiger partial charge in [-0.05, 0) is 55.5 Å². The zero-order valence-corrected chi connectivity index (χ0v) is 17.6. The molecule has 0 spiro atoms. The van der Waals surface area contributed by atoms with Crippen LogP contribution in [0.2, 0.25) is 0 Å². The Kier molecular flexibility index (Phi) is 6.09. The molecule has 0 radical (unpaired) electrons. The predicted molar refractivity (Wildman–Crippen MR) is 119 cm³/mol. The van der Waals surface area contributed by atoms with Crippen molar-refractivity contribution < 1.29 is 14.3 Å². The second-order valence-corrected chi connectivity index (χ2v) is 8.20. The quantitative estimate of drug-likeness (QED) is 0.573. The number of pyridine rings is 1. The SMILES string of the molecule is COc1ccccc1C(=O)Nc1sc2c(c1C(=O)Nc1ccccn1)CCCCC2. The molecule has 1 aromatic carbocycles.